The zero-order valence-electron chi connectivity index (χ0n) is 16.1. The lowest BCUT2D eigenvalue weighted by molar-refractivity contribution is 0.0780. The molecule has 1 saturated heterocycles. The van der Waals surface area contributed by atoms with Gasteiger partial charge in [0.2, 0.25) is 0 Å². The topological polar surface area (TPSA) is 93.4 Å². The van der Waals surface area contributed by atoms with Crippen LogP contribution in [0, 0.1) is 11.6 Å². The van der Waals surface area contributed by atoms with Crippen LogP contribution in [0.1, 0.15) is 34.9 Å². The van der Waals surface area contributed by atoms with Gasteiger partial charge in [-0.25, -0.2) is 13.8 Å². The summed E-state index contributed by atoms with van der Waals surface area (Å²) in [6.45, 7) is 0.891. The molecule has 1 aliphatic carbocycles. The summed E-state index contributed by atoms with van der Waals surface area (Å²) in [4.78, 5) is 23.2. The lowest BCUT2D eigenvalue weighted by atomic mass is 10.1. The Labute approximate surface area is 170 Å². The first-order valence-corrected chi connectivity index (χ1v) is 9.68. The molecular formula is C20H19F2N5O3. The quantitative estimate of drug-likeness (QED) is 0.684. The molecule has 1 N–H and O–H groups in total. The molecule has 8 nitrogen and oxygen atoms in total. The largest absolute Gasteiger partial charge is 0.377 e. The fraction of sp³-hybridized carbons (Fsp3) is 0.400. The van der Waals surface area contributed by atoms with Crippen LogP contribution in [0.2, 0.25) is 0 Å². The minimum atomic E-state index is -0.976. The number of halogens is 2. The van der Waals surface area contributed by atoms with E-state index in [1.165, 1.54) is 12.4 Å². The van der Waals surface area contributed by atoms with Crippen LogP contribution in [-0.4, -0.2) is 53.4 Å². The fourth-order valence-corrected chi connectivity index (χ4v) is 3.79. The Kier molecular flexibility index (Phi) is 4.58. The van der Waals surface area contributed by atoms with Crippen LogP contribution in [0.5, 0.6) is 0 Å². The molecule has 1 aromatic carbocycles. The second kappa shape index (κ2) is 7.28. The lowest BCUT2D eigenvalue weighted by Gasteiger charge is -2.18. The van der Waals surface area contributed by atoms with Gasteiger partial charge in [-0.1, -0.05) is 5.16 Å². The number of hydrogen-bond donors (Lipinski definition) is 1. The number of anilines is 1. The van der Waals surface area contributed by atoms with Gasteiger partial charge in [-0.2, -0.15) is 0 Å². The zero-order valence-corrected chi connectivity index (χ0v) is 16.1. The highest BCUT2D eigenvalue weighted by molar-refractivity contribution is 5.95. The summed E-state index contributed by atoms with van der Waals surface area (Å²) >= 11 is 0. The number of aromatic nitrogens is 3. The van der Waals surface area contributed by atoms with Crippen molar-refractivity contribution in [3.63, 3.8) is 0 Å². The van der Waals surface area contributed by atoms with Gasteiger partial charge < -0.3 is 19.5 Å². The Morgan fingerprint density at radius 2 is 1.97 bits per heavy atom. The fourth-order valence-electron chi connectivity index (χ4n) is 3.79. The SMILES string of the molecule is CO[C@@H]1CN(c2cnc3cc(F)c(F)cc3n2)C[C@H]1NC(=O)c1cnoc1C1CC1. The number of ether oxygens (including phenoxy) is 1. The maximum atomic E-state index is 13.6. The number of benzene rings is 1. The summed E-state index contributed by atoms with van der Waals surface area (Å²) in [6.07, 6.45) is 4.67. The monoisotopic (exact) mass is 415 g/mol. The van der Waals surface area contributed by atoms with E-state index in [1.54, 1.807) is 7.11 Å². The first kappa shape index (κ1) is 18.9. The number of hydrogen-bond acceptors (Lipinski definition) is 7. The first-order chi connectivity index (χ1) is 14.5. The van der Waals surface area contributed by atoms with Crippen LogP contribution in [0.15, 0.2) is 29.0 Å². The third-order valence-corrected chi connectivity index (χ3v) is 5.57. The molecule has 5 rings (SSSR count). The van der Waals surface area contributed by atoms with Gasteiger partial charge in [0.25, 0.3) is 5.91 Å². The Morgan fingerprint density at radius 3 is 2.70 bits per heavy atom. The van der Waals surface area contributed by atoms with Crippen molar-refractivity contribution in [1.82, 2.24) is 20.4 Å². The minimum absolute atomic E-state index is 0.255. The van der Waals surface area contributed by atoms with Gasteiger partial charge in [0.05, 0.1) is 35.6 Å². The molecule has 1 amide bonds. The summed E-state index contributed by atoms with van der Waals surface area (Å²) in [5, 5.41) is 6.77. The Morgan fingerprint density at radius 1 is 1.20 bits per heavy atom. The normalized spacial score (nSPS) is 21.4. The molecule has 30 heavy (non-hydrogen) atoms. The Balaban J connectivity index is 1.35. The number of rotatable bonds is 5. The van der Waals surface area contributed by atoms with Gasteiger partial charge >= 0.3 is 0 Å². The maximum absolute atomic E-state index is 13.6. The third-order valence-electron chi connectivity index (χ3n) is 5.57. The molecule has 2 aromatic heterocycles. The second-order valence-electron chi connectivity index (χ2n) is 7.62. The van der Waals surface area contributed by atoms with Gasteiger partial charge in [-0.15, -0.1) is 0 Å². The standard InChI is InChI=1S/C20H19F2N5O3/c1-29-17-9-27(18-7-23-14-4-12(21)13(22)5-15(14)25-18)8-16(17)26-20(28)11-6-24-30-19(11)10-2-3-10/h4-7,10,16-17H,2-3,8-9H2,1H3,(H,26,28)/t16-,17-/m1/s1. The van der Waals surface area contributed by atoms with Crippen LogP contribution < -0.4 is 10.2 Å². The van der Waals surface area contributed by atoms with Crippen molar-refractivity contribution in [2.24, 2.45) is 0 Å². The van der Waals surface area contributed by atoms with Gasteiger partial charge in [0, 0.05) is 38.2 Å². The highest BCUT2D eigenvalue weighted by atomic mass is 19.2. The molecule has 1 saturated carbocycles. The zero-order chi connectivity index (χ0) is 20.8. The number of fused-ring (bicyclic) bond motifs is 1. The molecule has 2 aliphatic rings. The molecule has 3 heterocycles. The van der Waals surface area contributed by atoms with Crippen molar-refractivity contribution >= 4 is 22.8 Å². The number of methoxy groups -OCH3 is 1. The number of amides is 1. The van der Waals surface area contributed by atoms with Crippen molar-refractivity contribution < 1.29 is 22.8 Å². The van der Waals surface area contributed by atoms with E-state index in [0.29, 0.717) is 30.2 Å². The van der Waals surface area contributed by atoms with Crippen LogP contribution in [-0.2, 0) is 4.74 Å². The van der Waals surface area contributed by atoms with E-state index in [4.69, 9.17) is 9.26 Å². The smallest absolute Gasteiger partial charge is 0.256 e. The molecule has 156 valence electrons. The first-order valence-electron chi connectivity index (χ1n) is 9.68. The van der Waals surface area contributed by atoms with Crippen molar-refractivity contribution in [1.29, 1.82) is 0 Å². The van der Waals surface area contributed by atoms with Crippen LogP contribution in [0.3, 0.4) is 0 Å². The van der Waals surface area contributed by atoms with Crippen molar-refractivity contribution in [3.8, 4) is 0 Å². The highest BCUT2D eigenvalue weighted by Gasteiger charge is 2.37. The van der Waals surface area contributed by atoms with Gasteiger partial charge in [0.1, 0.15) is 11.4 Å². The molecule has 3 aromatic rings. The Hall–Kier alpha value is -3.14. The molecule has 0 bridgehead atoms. The van der Waals surface area contributed by atoms with Gasteiger partial charge in [-0.05, 0) is 12.8 Å². The summed E-state index contributed by atoms with van der Waals surface area (Å²) in [5.41, 5.74) is 0.977. The maximum Gasteiger partial charge on any atom is 0.256 e. The number of nitrogens with zero attached hydrogens (tertiary/aromatic N) is 4. The third kappa shape index (κ3) is 3.36. The number of nitrogens with one attached hydrogen (secondary N) is 1. The lowest BCUT2D eigenvalue weighted by Crippen LogP contribution is -2.43. The summed E-state index contributed by atoms with van der Waals surface area (Å²) < 4.78 is 37.8. The molecule has 10 heteroatoms. The minimum Gasteiger partial charge on any atom is -0.377 e. The Bertz CT molecular complexity index is 1120. The van der Waals surface area contributed by atoms with E-state index in [-0.39, 0.29) is 35.0 Å². The van der Waals surface area contributed by atoms with Crippen molar-refractivity contribution in [3.05, 3.63) is 47.5 Å². The number of carbonyl (C=O) groups excluding carboxylic acids is 1. The molecule has 0 unspecified atom stereocenters. The van der Waals surface area contributed by atoms with E-state index >= 15 is 0 Å². The molecular weight excluding hydrogens is 396 g/mol. The van der Waals surface area contributed by atoms with E-state index < -0.39 is 11.6 Å². The summed E-state index contributed by atoms with van der Waals surface area (Å²) in [5.74, 6) is -0.802. The molecule has 0 radical (unpaired) electrons. The van der Waals surface area contributed by atoms with Crippen LogP contribution >= 0.6 is 0 Å². The van der Waals surface area contributed by atoms with Crippen LogP contribution in [0.4, 0.5) is 14.6 Å². The van der Waals surface area contributed by atoms with Gasteiger partial charge in [0.15, 0.2) is 17.4 Å². The van der Waals surface area contributed by atoms with Crippen molar-refractivity contribution in [2.75, 3.05) is 25.1 Å². The molecule has 0 spiro atoms. The number of carbonyl (C=O) groups is 1. The highest BCUT2D eigenvalue weighted by Crippen LogP contribution is 2.41. The molecule has 2 atom stereocenters. The summed E-state index contributed by atoms with van der Waals surface area (Å²) in [7, 11) is 1.58. The van der Waals surface area contributed by atoms with Crippen molar-refractivity contribution in [2.45, 2.75) is 30.9 Å². The molecule has 2 fully saturated rings. The second-order valence-corrected chi connectivity index (χ2v) is 7.62. The van der Waals surface area contributed by atoms with Gasteiger partial charge in [-0.3, -0.25) is 9.78 Å². The average molecular weight is 415 g/mol. The predicted molar refractivity (Wildman–Crippen MR) is 102 cm³/mol. The summed E-state index contributed by atoms with van der Waals surface area (Å²) in [6, 6.07) is 1.74. The van der Waals surface area contributed by atoms with E-state index in [9.17, 15) is 13.6 Å². The van der Waals surface area contributed by atoms with E-state index in [2.05, 4.69) is 20.4 Å². The van der Waals surface area contributed by atoms with E-state index in [1.807, 2.05) is 4.90 Å². The average Bonchev–Trinajstić information content (AvgIpc) is 3.31. The predicted octanol–water partition coefficient (Wildman–Crippen LogP) is 2.41. The molecule has 1 aliphatic heterocycles. The van der Waals surface area contributed by atoms with E-state index in [0.717, 1.165) is 25.0 Å². The van der Waals surface area contributed by atoms with Crippen LogP contribution in [0.25, 0.3) is 11.0 Å².